The largest absolute Gasteiger partial charge is 0.491 e. The molecule has 3 aliphatic rings. The fourth-order valence-electron chi connectivity index (χ4n) is 5.68. The normalized spacial score (nSPS) is 20.1. The summed E-state index contributed by atoms with van der Waals surface area (Å²) in [6, 6.07) is 30.1. The molecule has 2 aliphatic heterocycles. The molecule has 1 aliphatic carbocycles. The smallest absolute Gasteiger partial charge is 0.142 e. The Bertz CT molecular complexity index is 1380. The lowest BCUT2D eigenvalue weighted by molar-refractivity contribution is 0.261. The first-order valence-electron chi connectivity index (χ1n) is 12.8. The molecular weight excluding hydrogens is 462 g/mol. The molecule has 7 rings (SSSR count). The average Bonchev–Trinajstić information content (AvgIpc) is 3.85. The third-order valence-corrected chi connectivity index (χ3v) is 7.66. The van der Waals surface area contributed by atoms with E-state index in [2.05, 4.69) is 85.8 Å². The monoisotopic (exact) mass is 491 g/mol. The van der Waals surface area contributed by atoms with E-state index in [1.807, 2.05) is 6.07 Å². The molecule has 0 aromatic heterocycles. The molecular formula is C32H29NO4. The molecule has 2 heterocycles. The predicted octanol–water partition coefficient (Wildman–Crippen LogP) is 5.50. The van der Waals surface area contributed by atoms with Gasteiger partial charge in [0.05, 0.1) is 24.3 Å². The van der Waals surface area contributed by atoms with Crippen molar-refractivity contribution in [2.24, 2.45) is 0 Å². The SMILES string of the molecule is Cc1cc(C2(c3ccc(OCC4CO4)c(N)c3)c3ccccc3-c3ccccc32)ccc1OCC1CO1. The Labute approximate surface area is 216 Å². The molecule has 0 amide bonds. The molecule has 37 heavy (non-hydrogen) atoms. The van der Waals surface area contributed by atoms with Gasteiger partial charge in [-0.3, -0.25) is 0 Å². The summed E-state index contributed by atoms with van der Waals surface area (Å²) < 4.78 is 22.7. The average molecular weight is 492 g/mol. The van der Waals surface area contributed by atoms with Crippen molar-refractivity contribution in [1.29, 1.82) is 0 Å². The zero-order valence-electron chi connectivity index (χ0n) is 20.8. The number of benzene rings is 4. The molecule has 0 radical (unpaired) electrons. The van der Waals surface area contributed by atoms with E-state index in [0.29, 0.717) is 24.7 Å². The summed E-state index contributed by atoms with van der Waals surface area (Å²) >= 11 is 0. The van der Waals surface area contributed by atoms with Gasteiger partial charge in [0.25, 0.3) is 0 Å². The predicted molar refractivity (Wildman–Crippen MR) is 143 cm³/mol. The maximum Gasteiger partial charge on any atom is 0.142 e. The van der Waals surface area contributed by atoms with Gasteiger partial charge in [0.1, 0.15) is 36.9 Å². The van der Waals surface area contributed by atoms with Crippen LogP contribution in [0.25, 0.3) is 11.1 Å². The summed E-state index contributed by atoms with van der Waals surface area (Å²) in [7, 11) is 0. The second-order valence-electron chi connectivity index (χ2n) is 10.1. The van der Waals surface area contributed by atoms with Gasteiger partial charge in [-0.05, 0) is 64.1 Å². The fraction of sp³-hybridized carbons (Fsp3) is 0.250. The first-order valence-corrected chi connectivity index (χ1v) is 12.8. The van der Waals surface area contributed by atoms with E-state index in [9.17, 15) is 0 Å². The van der Waals surface area contributed by atoms with Crippen molar-refractivity contribution in [2.75, 3.05) is 32.2 Å². The molecule has 2 unspecified atom stereocenters. The highest BCUT2D eigenvalue weighted by molar-refractivity contribution is 5.86. The van der Waals surface area contributed by atoms with E-state index in [1.165, 1.54) is 27.8 Å². The minimum Gasteiger partial charge on any atom is -0.491 e. The van der Waals surface area contributed by atoms with Gasteiger partial charge in [-0.2, -0.15) is 0 Å². The molecule has 186 valence electrons. The summed E-state index contributed by atoms with van der Waals surface area (Å²) in [5.74, 6) is 1.58. The number of aryl methyl sites for hydroxylation is 1. The third-order valence-electron chi connectivity index (χ3n) is 7.66. The Morgan fingerprint density at radius 3 is 1.78 bits per heavy atom. The molecule has 2 atom stereocenters. The lowest BCUT2D eigenvalue weighted by Gasteiger charge is -2.34. The van der Waals surface area contributed by atoms with Gasteiger partial charge in [-0.15, -0.1) is 0 Å². The van der Waals surface area contributed by atoms with Gasteiger partial charge >= 0.3 is 0 Å². The number of rotatable bonds is 8. The van der Waals surface area contributed by atoms with Crippen LogP contribution in [0.3, 0.4) is 0 Å². The van der Waals surface area contributed by atoms with Crippen LogP contribution < -0.4 is 15.2 Å². The van der Waals surface area contributed by atoms with Crippen molar-refractivity contribution in [3.05, 3.63) is 113 Å². The molecule has 2 saturated heterocycles. The maximum atomic E-state index is 6.60. The number of fused-ring (bicyclic) bond motifs is 3. The number of epoxide rings is 2. The van der Waals surface area contributed by atoms with Gasteiger partial charge in [-0.1, -0.05) is 66.7 Å². The summed E-state index contributed by atoms with van der Waals surface area (Å²) in [6.45, 7) is 4.75. The van der Waals surface area contributed by atoms with Gasteiger partial charge in [-0.25, -0.2) is 0 Å². The summed E-state index contributed by atoms with van der Waals surface area (Å²) in [4.78, 5) is 0. The molecule has 0 spiro atoms. The number of nitrogen functional groups attached to an aromatic ring is 1. The Kier molecular flexibility index (Phi) is 5.24. The van der Waals surface area contributed by atoms with E-state index in [0.717, 1.165) is 30.1 Å². The number of hydrogen-bond acceptors (Lipinski definition) is 5. The van der Waals surface area contributed by atoms with Crippen LogP contribution in [0.4, 0.5) is 5.69 Å². The zero-order chi connectivity index (χ0) is 25.0. The molecule has 5 heteroatoms. The Balaban J connectivity index is 1.40. The number of hydrogen-bond donors (Lipinski definition) is 1. The molecule has 5 nitrogen and oxygen atoms in total. The van der Waals surface area contributed by atoms with E-state index in [-0.39, 0.29) is 12.2 Å². The van der Waals surface area contributed by atoms with Crippen LogP contribution in [0.5, 0.6) is 11.5 Å². The van der Waals surface area contributed by atoms with Crippen LogP contribution in [0, 0.1) is 6.92 Å². The van der Waals surface area contributed by atoms with Crippen molar-refractivity contribution in [3.63, 3.8) is 0 Å². The minimum atomic E-state index is -0.525. The molecule has 2 N–H and O–H groups in total. The van der Waals surface area contributed by atoms with Crippen LogP contribution in [-0.4, -0.2) is 38.6 Å². The van der Waals surface area contributed by atoms with E-state index in [1.54, 1.807) is 0 Å². The topological polar surface area (TPSA) is 69.5 Å². The number of nitrogens with two attached hydrogens (primary N) is 1. The van der Waals surface area contributed by atoms with Crippen molar-refractivity contribution in [3.8, 4) is 22.6 Å². The van der Waals surface area contributed by atoms with Gasteiger partial charge in [0.15, 0.2) is 0 Å². The van der Waals surface area contributed by atoms with E-state index in [4.69, 9.17) is 24.7 Å². The second-order valence-corrected chi connectivity index (χ2v) is 10.1. The highest BCUT2D eigenvalue weighted by atomic mass is 16.6. The highest BCUT2D eigenvalue weighted by Crippen LogP contribution is 2.56. The zero-order valence-corrected chi connectivity index (χ0v) is 20.8. The number of ether oxygens (including phenoxy) is 4. The number of anilines is 1. The standard InChI is InChI=1S/C32H29NO4/c1-20-14-21(10-12-30(20)36-18-23-16-34-23)32(22-11-13-31(29(33)15-22)37-19-24-17-35-24)27-8-4-2-6-25(27)26-7-3-5-9-28(26)32/h2-15,23-24H,16-19,33H2,1H3. The minimum absolute atomic E-state index is 0.175. The first-order chi connectivity index (χ1) is 18.1. The van der Waals surface area contributed by atoms with Crippen molar-refractivity contribution in [1.82, 2.24) is 0 Å². The second kappa shape index (κ2) is 8.65. The molecule has 4 aromatic carbocycles. The van der Waals surface area contributed by atoms with Crippen molar-refractivity contribution in [2.45, 2.75) is 24.5 Å². The van der Waals surface area contributed by atoms with Crippen LogP contribution >= 0.6 is 0 Å². The molecule has 0 saturated carbocycles. The van der Waals surface area contributed by atoms with Gasteiger partial charge < -0.3 is 24.7 Å². The lowest BCUT2D eigenvalue weighted by Crippen LogP contribution is -2.29. The third kappa shape index (κ3) is 3.78. The van der Waals surface area contributed by atoms with E-state index < -0.39 is 5.41 Å². The maximum absolute atomic E-state index is 6.60. The Hall–Kier alpha value is -3.80. The highest BCUT2D eigenvalue weighted by Gasteiger charge is 2.46. The van der Waals surface area contributed by atoms with Gasteiger partial charge in [0.2, 0.25) is 0 Å². The first kappa shape index (κ1) is 22.4. The van der Waals surface area contributed by atoms with Crippen molar-refractivity contribution >= 4 is 5.69 Å². The van der Waals surface area contributed by atoms with E-state index >= 15 is 0 Å². The summed E-state index contributed by atoms with van der Waals surface area (Å²) in [5.41, 5.74) is 15.1. The summed E-state index contributed by atoms with van der Waals surface area (Å²) in [5, 5.41) is 0. The lowest BCUT2D eigenvalue weighted by atomic mass is 9.67. The quantitative estimate of drug-likeness (QED) is 0.229. The Morgan fingerprint density at radius 2 is 1.24 bits per heavy atom. The Morgan fingerprint density at radius 1 is 0.730 bits per heavy atom. The van der Waals surface area contributed by atoms with Gasteiger partial charge in [0, 0.05) is 0 Å². The molecule has 0 bridgehead atoms. The fourth-order valence-corrected chi connectivity index (χ4v) is 5.68. The van der Waals surface area contributed by atoms with Crippen LogP contribution in [0.1, 0.15) is 27.8 Å². The van der Waals surface area contributed by atoms with Crippen LogP contribution in [-0.2, 0) is 14.9 Å². The molecule has 4 aromatic rings. The van der Waals surface area contributed by atoms with Crippen molar-refractivity contribution < 1.29 is 18.9 Å². The van der Waals surface area contributed by atoms with Crippen LogP contribution in [0.2, 0.25) is 0 Å². The molecule has 2 fully saturated rings. The summed E-state index contributed by atoms with van der Waals surface area (Å²) in [6.07, 6.45) is 0.392. The van der Waals surface area contributed by atoms with Crippen LogP contribution in [0.15, 0.2) is 84.9 Å².